The van der Waals surface area contributed by atoms with Crippen molar-refractivity contribution >= 4 is 39.5 Å². The molecular weight excluding hydrogens is 591 g/mol. The van der Waals surface area contributed by atoms with Crippen LogP contribution in [-0.2, 0) is 26.0 Å². The largest absolute Gasteiger partial charge is 0.483 e. The minimum atomic E-state index is -4.15. The number of nitrogens with two attached hydrogens (primary N) is 1. The molecule has 16 heteroatoms. The van der Waals surface area contributed by atoms with Crippen molar-refractivity contribution in [2.45, 2.75) is 35.7 Å². The van der Waals surface area contributed by atoms with Gasteiger partial charge in [-0.25, -0.2) is 21.6 Å². The number of aromatic nitrogens is 2. The van der Waals surface area contributed by atoms with E-state index in [4.69, 9.17) is 31.7 Å². The lowest BCUT2D eigenvalue weighted by molar-refractivity contribution is -0.123. The van der Waals surface area contributed by atoms with Crippen LogP contribution in [0.1, 0.15) is 23.8 Å². The van der Waals surface area contributed by atoms with Gasteiger partial charge in [0.2, 0.25) is 11.8 Å². The Bertz CT molecular complexity index is 1550. The normalized spacial score (nSPS) is 21.8. The second kappa shape index (κ2) is 11.8. The van der Waals surface area contributed by atoms with Gasteiger partial charge in [-0.15, -0.1) is 10.2 Å². The fraction of sp³-hybridized carbons (Fsp3) is 0.360. The minimum absolute atomic E-state index is 0.0735. The van der Waals surface area contributed by atoms with Crippen molar-refractivity contribution in [1.29, 1.82) is 0 Å². The minimum Gasteiger partial charge on any atom is -0.483 e. The van der Waals surface area contributed by atoms with Crippen LogP contribution >= 0.6 is 11.6 Å². The van der Waals surface area contributed by atoms with Crippen LogP contribution in [0.5, 0.6) is 0 Å². The monoisotopic (exact) mass is 615 g/mol. The zero-order valence-corrected chi connectivity index (χ0v) is 23.1. The van der Waals surface area contributed by atoms with E-state index in [1.165, 1.54) is 4.90 Å². The number of fused-ring (bicyclic) bond motifs is 1. The molecule has 1 unspecified atom stereocenters. The van der Waals surface area contributed by atoms with Gasteiger partial charge in [-0.3, -0.25) is 14.5 Å². The van der Waals surface area contributed by atoms with E-state index >= 15 is 4.39 Å². The van der Waals surface area contributed by atoms with Crippen molar-refractivity contribution in [3.63, 3.8) is 0 Å². The van der Waals surface area contributed by atoms with Gasteiger partial charge in [0, 0.05) is 18.0 Å². The zero-order valence-electron chi connectivity index (χ0n) is 21.5. The summed E-state index contributed by atoms with van der Waals surface area (Å²) in [5.74, 6) is -6.55. The fourth-order valence-corrected chi connectivity index (χ4v) is 6.51. The number of rotatable bonds is 4. The van der Waals surface area contributed by atoms with Gasteiger partial charge in [-0.05, 0) is 36.9 Å². The molecule has 11 nitrogen and oxygen atoms in total. The third-order valence-corrected chi connectivity index (χ3v) is 8.56. The van der Waals surface area contributed by atoms with E-state index in [2.05, 4.69) is 10.2 Å². The van der Waals surface area contributed by atoms with Crippen LogP contribution in [0.3, 0.4) is 0 Å². The molecule has 2 aromatic carbocycles. The number of alkyl halides is 2. The van der Waals surface area contributed by atoms with Crippen LogP contribution in [0.2, 0.25) is 5.02 Å². The van der Waals surface area contributed by atoms with Gasteiger partial charge in [0.25, 0.3) is 18.3 Å². The molecule has 0 spiro atoms. The van der Waals surface area contributed by atoms with Gasteiger partial charge in [-0.2, -0.15) is 0 Å². The van der Waals surface area contributed by atoms with Crippen LogP contribution < -0.4 is 10.6 Å². The Morgan fingerprint density at radius 1 is 1.24 bits per heavy atom. The number of piperidine rings is 1. The van der Waals surface area contributed by atoms with E-state index in [-0.39, 0.29) is 42.6 Å². The number of sulfone groups is 1. The molecule has 2 atom stereocenters. The molecule has 1 saturated heterocycles. The molecule has 0 bridgehead atoms. The Kier molecular flexibility index (Phi) is 8.73. The molecule has 3 heterocycles. The number of amides is 1. The summed E-state index contributed by atoms with van der Waals surface area (Å²) >= 11 is 5.95. The summed E-state index contributed by atoms with van der Waals surface area (Å²) in [6.45, 7) is -0.489. The Balaban J connectivity index is 0.00000124. The number of carboxylic acid groups (broad SMARTS) is 1. The molecule has 220 valence electrons. The standard InChI is InChI=1S/C24H23ClF3N5O4S.CH2O2/c1-32-10-14(8-24(27,28)12-32)21-30-31-22(37-21)16-6-19-20(7-17(16)26)38(35,36)11-18(29)23(34)33(19)9-13-2-4-15(25)5-3-13;2-1-3/h2-7,14,18H,8-12,29H2,1H3;1H,(H,2,3)/t14?,18-;/m0./s1. The first kappa shape index (κ1) is 30.4. The highest BCUT2D eigenvalue weighted by Gasteiger charge is 2.42. The van der Waals surface area contributed by atoms with Crippen LogP contribution in [0, 0.1) is 5.82 Å². The Morgan fingerprint density at radius 2 is 1.90 bits per heavy atom. The van der Waals surface area contributed by atoms with Crippen LogP contribution in [0.25, 0.3) is 11.5 Å². The van der Waals surface area contributed by atoms with Gasteiger partial charge >= 0.3 is 0 Å². The molecule has 1 aromatic heterocycles. The van der Waals surface area contributed by atoms with Crippen molar-refractivity contribution in [3.8, 4) is 11.5 Å². The van der Waals surface area contributed by atoms with E-state index in [0.717, 1.165) is 17.0 Å². The lowest BCUT2D eigenvalue weighted by atomic mass is 9.95. The molecule has 0 radical (unpaired) electrons. The van der Waals surface area contributed by atoms with Gasteiger partial charge in [0.15, 0.2) is 9.84 Å². The fourth-order valence-electron chi connectivity index (χ4n) is 4.82. The smallest absolute Gasteiger partial charge is 0.290 e. The number of halogens is 4. The average Bonchev–Trinajstić information content (AvgIpc) is 3.35. The first-order chi connectivity index (χ1) is 19.2. The lowest BCUT2D eigenvalue weighted by Gasteiger charge is -2.33. The summed E-state index contributed by atoms with van der Waals surface area (Å²) in [5.41, 5.74) is 6.14. The highest BCUT2D eigenvalue weighted by Crippen LogP contribution is 2.39. The SMILES string of the molecule is CN1CC(c2nnc(-c3cc4c(cc3F)S(=O)(=O)C[C@H](N)C(=O)N4Cc3ccc(Cl)cc3)o2)CC(F)(F)C1.O=CO. The molecule has 41 heavy (non-hydrogen) atoms. The molecule has 5 rings (SSSR count). The van der Waals surface area contributed by atoms with Gasteiger partial charge in [0.05, 0.1) is 46.9 Å². The summed E-state index contributed by atoms with van der Waals surface area (Å²) < 4.78 is 75.1. The Labute approximate surface area is 237 Å². The zero-order chi connectivity index (χ0) is 30.1. The first-order valence-corrected chi connectivity index (χ1v) is 14.1. The van der Waals surface area contributed by atoms with Crippen molar-refractivity contribution in [3.05, 3.63) is 58.7 Å². The number of anilines is 1. The van der Waals surface area contributed by atoms with Crippen LogP contribution in [0.4, 0.5) is 18.9 Å². The summed E-state index contributed by atoms with van der Waals surface area (Å²) in [7, 11) is -2.61. The summed E-state index contributed by atoms with van der Waals surface area (Å²) in [6, 6.07) is 7.07. The number of hydrogen-bond donors (Lipinski definition) is 2. The number of likely N-dealkylation sites (N-methyl/N-ethyl adjacent to an activating group) is 1. The molecular formula is C25H25ClF3N5O6S. The Morgan fingerprint density at radius 3 is 2.54 bits per heavy atom. The average molecular weight is 616 g/mol. The molecule has 2 aliphatic rings. The number of carbonyl (C=O) groups excluding carboxylic acids is 1. The number of likely N-dealkylation sites (tertiary alicyclic amines) is 1. The quantitative estimate of drug-likeness (QED) is 0.418. The molecule has 3 aromatic rings. The maximum atomic E-state index is 15.3. The highest BCUT2D eigenvalue weighted by molar-refractivity contribution is 7.91. The van der Waals surface area contributed by atoms with Crippen molar-refractivity contribution in [1.82, 2.24) is 15.1 Å². The van der Waals surface area contributed by atoms with Gasteiger partial charge in [-0.1, -0.05) is 23.7 Å². The van der Waals surface area contributed by atoms with E-state index in [1.807, 2.05) is 0 Å². The number of carbonyl (C=O) groups is 2. The third-order valence-electron chi connectivity index (χ3n) is 6.51. The van der Waals surface area contributed by atoms with Gasteiger partial charge < -0.3 is 20.2 Å². The maximum Gasteiger partial charge on any atom is 0.290 e. The topological polar surface area (TPSA) is 160 Å². The van der Waals surface area contributed by atoms with Gasteiger partial charge in [0.1, 0.15) is 5.82 Å². The molecule has 0 aliphatic carbocycles. The van der Waals surface area contributed by atoms with E-state index in [9.17, 15) is 22.0 Å². The van der Waals surface area contributed by atoms with Crippen molar-refractivity contribution in [2.75, 3.05) is 30.8 Å². The molecule has 1 fully saturated rings. The second-order valence-corrected chi connectivity index (χ2v) is 12.2. The Hall–Kier alpha value is -3.53. The van der Waals surface area contributed by atoms with Crippen molar-refractivity contribution < 1.29 is 40.7 Å². The summed E-state index contributed by atoms with van der Waals surface area (Å²) in [4.78, 5) is 23.7. The molecule has 1 amide bonds. The molecule has 3 N–H and O–H groups in total. The number of nitrogens with zero attached hydrogens (tertiary/aromatic N) is 4. The second-order valence-electron chi connectivity index (χ2n) is 9.74. The van der Waals surface area contributed by atoms with E-state index in [0.29, 0.717) is 10.6 Å². The molecule has 2 aliphatic heterocycles. The predicted molar refractivity (Wildman–Crippen MR) is 141 cm³/mol. The first-order valence-electron chi connectivity index (χ1n) is 12.1. The molecule has 0 saturated carbocycles. The summed E-state index contributed by atoms with van der Waals surface area (Å²) in [5, 5.41) is 15.1. The number of benzene rings is 2. The van der Waals surface area contributed by atoms with Crippen LogP contribution in [0.15, 0.2) is 45.7 Å². The highest BCUT2D eigenvalue weighted by atomic mass is 35.5. The predicted octanol–water partition coefficient (Wildman–Crippen LogP) is 2.93. The maximum absolute atomic E-state index is 15.3. The number of hydrogen-bond acceptors (Lipinski definition) is 9. The third kappa shape index (κ3) is 6.69. The van der Waals surface area contributed by atoms with Crippen molar-refractivity contribution in [2.24, 2.45) is 5.73 Å². The van der Waals surface area contributed by atoms with E-state index < -0.39 is 63.1 Å². The van der Waals surface area contributed by atoms with Crippen LogP contribution in [-0.4, -0.2) is 78.9 Å². The summed E-state index contributed by atoms with van der Waals surface area (Å²) in [6.07, 6.45) is -0.509. The van der Waals surface area contributed by atoms with E-state index in [1.54, 1.807) is 31.3 Å². The lowest BCUT2D eigenvalue weighted by Crippen LogP contribution is -2.45.